The third-order valence-electron chi connectivity index (χ3n) is 4.81. The van der Waals surface area contributed by atoms with Crippen LogP contribution < -0.4 is 10.1 Å². The van der Waals surface area contributed by atoms with Crippen LogP contribution in [-0.4, -0.2) is 23.2 Å². The zero-order valence-corrected chi connectivity index (χ0v) is 16.3. The summed E-state index contributed by atoms with van der Waals surface area (Å²) < 4.78 is 5.19. The van der Waals surface area contributed by atoms with Crippen molar-refractivity contribution in [2.24, 2.45) is 0 Å². The van der Waals surface area contributed by atoms with Crippen molar-refractivity contribution in [3.8, 4) is 5.75 Å². The van der Waals surface area contributed by atoms with E-state index in [9.17, 15) is 4.79 Å². The van der Waals surface area contributed by atoms with Crippen LogP contribution >= 0.6 is 22.9 Å². The highest BCUT2D eigenvalue weighted by atomic mass is 35.5. The first-order chi connectivity index (χ1) is 13.1. The number of carbonyl (C=O) groups is 1. The second-order valence-electron chi connectivity index (χ2n) is 6.53. The highest BCUT2D eigenvalue weighted by molar-refractivity contribution is 7.15. The van der Waals surface area contributed by atoms with Crippen molar-refractivity contribution in [2.45, 2.75) is 24.7 Å². The number of halogens is 1. The molecule has 27 heavy (non-hydrogen) atoms. The Bertz CT molecular complexity index is 967. The van der Waals surface area contributed by atoms with Gasteiger partial charge in [0.05, 0.1) is 12.5 Å². The quantitative estimate of drug-likeness (QED) is 0.664. The molecular formula is C20H18ClN3O2S. The van der Waals surface area contributed by atoms with Crippen molar-refractivity contribution < 1.29 is 9.53 Å². The van der Waals surface area contributed by atoms with Crippen LogP contribution in [0.15, 0.2) is 48.5 Å². The Balaban J connectivity index is 1.45. The first kappa shape index (κ1) is 17.9. The minimum atomic E-state index is -0.471. The van der Waals surface area contributed by atoms with Crippen molar-refractivity contribution in [2.75, 3.05) is 12.4 Å². The lowest BCUT2D eigenvalue weighted by Crippen LogP contribution is -2.27. The van der Waals surface area contributed by atoms with Gasteiger partial charge in [-0.05, 0) is 42.2 Å². The Morgan fingerprint density at radius 3 is 2.59 bits per heavy atom. The van der Waals surface area contributed by atoms with Gasteiger partial charge in [-0.25, -0.2) is 0 Å². The number of hydrogen-bond donors (Lipinski definition) is 1. The van der Waals surface area contributed by atoms with Crippen LogP contribution in [0, 0.1) is 0 Å². The molecule has 1 aliphatic rings. The van der Waals surface area contributed by atoms with Crippen molar-refractivity contribution in [3.63, 3.8) is 0 Å². The first-order valence-corrected chi connectivity index (χ1v) is 9.82. The third-order valence-corrected chi connectivity index (χ3v) is 6.02. The van der Waals surface area contributed by atoms with Crippen LogP contribution in [-0.2, 0) is 16.6 Å². The maximum atomic E-state index is 12.8. The summed E-state index contributed by atoms with van der Waals surface area (Å²) in [4.78, 5) is 12.8. The van der Waals surface area contributed by atoms with E-state index in [0.29, 0.717) is 16.6 Å². The number of hydrogen-bond acceptors (Lipinski definition) is 5. The lowest BCUT2D eigenvalue weighted by molar-refractivity contribution is -0.118. The predicted octanol–water partition coefficient (Wildman–Crippen LogP) is 4.46. The van der Waals surface area contributed by atoms with Crippen LogP contribution in [0.1, 0.15) is 29.0 Å². The molecule has 0 bridgehead atoms. The average Bonchev–Trinajstić information content (AvgIpc) is 3.39. The number of carbonyl (C=O) groups excluding carboxylic acids is 1. The lowest BCUT2D eigenvalue weighted by Gasteiger charge is -2.14. The third kappa shape index (κ3) is 3.68. The van der Waals surface area contributed by atoms with Gasteiger partial charge in [-0.15, -0.1) is 10.2 Å². The standard InChI is InChI=1S/C20H18ClN3O2S/c1-26-15-8-6-14(7-9-15)20(10-11-20)18(25)22-19-24-23-17(27-19)12-13-4-2-3-5-16(13)21/h2-9H,10-12H2,1H3,(H,22,24,25). The molecule has 5 nitrogen and oxygen atoms in total. The van der Waals surface area contributed by atoms with Gasteiger partial charge < -0.3 is 4.74 Å². The number of methoxy groups -OCH3 is 1. The lowest BCUT2D eigenvalue weighted by atomic mass is 9.95. The molecule has 0 radical (unpaired) electrons. The van der Waals surface area contributed by atoms with E-state index in [1.807, 2.05) is 48.5 Å². The molecule has 1 aliphatic carbocycles. The van der Waals surface area contributed by atoms with Gasteiger partial charge in [0, 0.05) is 11.4 Å². The summed E-state index contributed by atoms with van der Waals surface area (Å²) >= 11 is 7.58. The number of rotatable bonds is 6. The molecule has 1 fully saturated rings. The molecule has 138 valence electrons. The maximum Gasteiger partial charge on any atom is 0.236 e. The van der Waals surface area contributed by atoms with E-state index >= 15 is 0 Å². The van der Waals surface area contributed by atoms with Crippen molar-refractivity contribution in [1.29, 1.82) is 0 Å². The molecule has 0 spiro atoms. The van der Waals surface area contributed by atoms with E-state index in [4.69, 9.17) is 16.3 Å². The molecule has 0 aliphatic heterocycles. The summed E-state index contributed by atoms with van der Waals surface area (Å²) in [6, 6.07) is 15.3. The maximum absolute atomic E-state index is 12.8. The zero-order valence-electron chi connectivity index (χ0n) is 14.7. The highest BCUT2D eigenvalue weighted by Gasteiger charge is 2.51. The molecule has 0 atom stereocenters. The van der Waals surface area contributed by atoms with Gasteiger partial charge in [-0.1, -0.05) is 53.3 Å². The van der Waals surface area contributed by atoms with Crippen LogP contribution in [0.3, 0.4) is 0 Å². The summed E-state index contributed by atoms with van der Waals surface area (Å²) in [5, 5.41) is 13.3. The number of amides is 1. The molecule has 4 rings (SSSR count). The van der Waals surface area contributed by atoms with Crippen LogP contribution in [0.4, 0.5) is 5.13 Å². The predicted molar refractivity (Wildman–Crippen MR) is 107 cm³/mol. The van der Waals surface area contributed by atoms with E-state index in [1.165, 1.54) is 11.3 Å². The summed E-state index contributed by atoms with van der Waals surface area (Å²) in [5.41, 5.74) is 1.52. The van der Waals surface area contributed by atoms with Gasteiger partial charge in [0.1, 0.15) is 10.8 Å². The minimum Gasteiger partial charge on any atom is -0.497 e. The molecule has 1 aromatic heterocycles. The number of nitrogens with one attached hydrogen (secondary N) is 1. The van der Waals surface area contributed by atoms with Crippen molar-refractivity contribution in [1.82, 2.24) is 10.2 Å². The molecular weight excluding hydrogens is 382 g/mol. The fraction of sp³-hybridized carbons (Fsp3) is 0.250. The van der Waals surface area contributed by atoms with E-state index in [2.05, 4.69) is 15.5 Å². The van der Waals surface area contributed by atoms with Gasteiger partial charge in [-0.3, -0.25) is 10.1 Å². The molecule has 1 saturated carbocycles. The van der Waals surface area contributed by atoms with E-state index in [0.717, 1.165) is 34.7 Å². The van der Waals surface area contributed by atoms with Crippen molar-refractivity contribution >= 4 is 34.0 Å². The fourth-order valence-electron chi connectivity index (χ4n) is 3.08. The molecule has 0 unspecified atom stereocenters. The summed E-state index contributed by atoms with van der Waals surface area (Å²) in [6.45, 7) is 0. The smallest absolute Gasteiger partial charge is 0.236 e. The molecule has 2 aromatic carbocycles. The summed E-state index contributed by atoms with van der Waals surface area (Å²) in [5.74, 6) is 0.747. The topological polar surface area (TPSA) is 64.1 Å². The van der Waals surface area contributed by atoms with Crippen LogP contribution in [0.25, 0.3) is 0 Å². The molecule has 0 saturated heterocycles. The Hall–Kier alpha value is -2.44. The normalized spacial score (nSPS) is 14.6. The van der Waals surface area contributed by atoms with Crippen LogP contribution in [0.5, 0.6) is 5.75 Å². The Morgan fingerprint density at radius 1 is 1.19 bits per heavy atom. The number of anilines is 1. The van der Waals surface area contributed by atoms with E-state index in [1.54, 1.807) is 7.11 Å². The van der Waals surface area contributed by atoms with Crippen LogP contribution in [0.2, 0.25) is 5.02 Å². The van der Waals surface area contributed by atoms with Crippen molar-refractivity contribution in [3.05, 3.63) is 69.7 Å². The molecule has 1 N–H and O–H groups in total. The molecule has 7 heteroatoms. The SMILES string of the molecule is COc1ccc(C2(C(=O)Nc3nnc(Cc4ccccc4Cl)s3)CC2)cc1. The second-order valence-corrected chi connectivity index (χ2v) is 8.00. The highest BCUT2D eigenvalue weighted by Crippen LogP contribution is 2.49. The number of ether oxygens (including phenoxy) is 1. The zero-order chi connectivity index (χ0) is 18.9. The molecule has 3 aromatic rings. The Morgan fingerprint density at radius 2 is 1.93 bits per heavy atom. The van der Waals surface area contributed by atoms with Gasteiger partial charge in [0.2, 0.25) is 11.0 Å². The number of aromatic nitrogens is 2. The Kier molecular flexibility index (Phi) is 4.85. The second kappa shape index (κ2) is 7.29. The molecule has 1 heterocycles. The van der Waals surface area contributed by atoms with Gasteiger partial charge in [0.15, 0.2) is 0 Å². The first-order valence-electron chi connectivity index (χ1n) is 8.62. The number of benzene rings is 2. The average molecular weight is 400 g/mol. The Labute approximate surface area is 166 Å². The minimum absolute atomic E-state index is 0.0342. The fourth-order valence-corrected chi connectivity index (χ4v) is 4.04. The largest absolute Gasteiger partial charge is 0.497 e. The monoisotopic (exact) mass is 399 g/mol. The van der Waals surface area contributed by atoms with Gasteiger partial charge in [-0.2, -0.15) is 0 Å². The van der Waals surface area contributed by atoms with Gasteiger partial charge >= 0.3 is 0 Å². The summed E-state index contributed by atoms with van der Waals surface area (Å²) in [7, 11) is 1.63. The van der Waals surface area contributed by atoms with Gasteiger partial charge in [0.25, 0.3) is 0 Å². The number of nitrogens with zero attached hydrogens (tertiary/aromatic N) is 2. The molecule has 1 amide bonds. The van der Waals surface area contributed by atoms with E-state index in [-0.39, 0.29) is 5.91 Å². The summed E-state index contributed by atoms with van der Waals surface area (Å²) in [6.07, 6.45) is 2.25. The van der Waals surface area contributed by atoms with E-state index < -0.39 is 5.41 Å².